The number of alkyl halides is 2. The molecule has 1 unspecified atom stereocenters. The topological polar surface area (TPSA) is 12.0 Å². The summed E-state index contributed by atoms with van der Waals surface area (Å²) in [4.78, 5) is 0. The first-order valence-corrected chi connectivity index (χ1v) is 3.29. The molecular weight excluding hydrogens is 124 g/mol. The Hall–Kier alpha value is -0.180. The maximum atomic E-state index is 12.2. The van der Waals surface area contributed by atoms with Crippen LogP contribution in [-0.4, -0.2) is 19.0 Å². The van der Waals surface area contributed by atoms with E-state index in [1.165, 1.54) is 0 Å². The van der Waals surface area contributed by atoms with E-state index in [-0.39, 0.29) is 18.3 Å². The van der Waals surface area contributed by atoms with Crippen LogP contribution in [0.2, 0.25) is 0 Å². The van der Waals surface area contributed by atoms with Gasteiger partial charge in [-0.3, -0.25) is 0 Å². The predicted molar refractivity (Wildman–Crippen MR) is 29.4 cm³/mol. The fraction of sp³-hybridized carbons (Fsp3) is 1.00. The molecule has 1 heterocycles. The molecule has 1 atom stereocenters. The second-order valence-corrected chi connectivity index (χ2v) is 2.99. The summed E-state index contributed by atoms with van der Waals surface area (Å²) in [6.45, 7) is 1.61. The number of nitrogens with one attached hydrogen (secondary N) is 1. The third-order valence-electron chi connectivity index (χ3n) is 2.26. The van der Waals surface area contributed by atoms with Gasteiger partial charge in [-0.25, -0.2) is 8.78 Å². The highest BCUT2D eigenvalue weighted by atomic mass is 19.3. The largest absolute Gasteiger partial charge is 0.316 e. The lowest BCUT2D eigenvalue weighted by atomic mass is 9.97. The monoisotopic (exact) mass is 133 g/mol. The molecule has 1 nitrogen and oxygen atoms in total. The minimum absolute atomic E-state index is 0.138. The predicted octanol–water partition coefficient (Wildman–Crippen LogP) is 0.861. The SMILES string of the molecule is FC1(F)CC1C1CNC1. The highest BCUT2D eigenvalue weighted by molar-refractivity contribution is 5.02. The Bertz CT molecular complexity index is 131. The van der Waals surface area contributed by atoms with Crippen molar-refractivity contribution in [3.05, 3.63) is 0 Å². The molecule has 0 radical (unpaired) electrons. The number of rotatable bonds is 1. The van der Waals surface area contributed by atoms with E-state index < -0.39 is 5.92 Å². The van der Waals surface area contributed by atoms with Crippen molar-refractivity contribution in [1.82, 2.24) is 5.32 Å². The van der Waals surface area contributed by atoms with Gasteiger partial charge in [0.25, 0.3) is 5.92 Å². The van der Waals surface area contributed by atoms with Gasteiger partial charge >= 0.3 is 0 Å². The molecule has 1 saturated carbocycles. The Morgan fingerprint density at radius 1 is 1.33 bits per heavy atom. The third-order valence-corrected chi connectivity index (χ3v) is 2.26. The highest BCUT2D eigenvalue weighted by Crippen LogP contribution is 2.53. The van der Waals surface area contributed by atoms with Crippen molar-refractivity contribution >= 4 is 0 Å². The molecule has 1 saturated heterocycles. The molecule has 1 aliphatic carbocycles. The minimum Gasteiger partial charge on any atom is -0.316 e. The van der Waals surface area contributed by atoms with Crippen molar-refractivity contribution in [3.63, 3.8) is 0 Å². The molecule has 1 aliphatic heterocycles. The summed E-state index contributed by atoms with van der Waals surface area (Å²) >= 11 is 0. The first-order chi connectivity index (χ1) is 4.20. The van der Waals surface area contributed by atoms with E-state index in [1.54, 1.807) is 0 Å². The Morgan fingerprint density at radius 3 is 2.00 bits per heavy atom. The van der Waals surface area contributed by atoms with Crippen LogP contribution >= 0.6 is 0 Å². The summed E-state index contributed by atoms with van der Waals surface area (Å²) in [5, 5.41) is 2.99. The van der Waals surface area contributed by atoms with Gasteiger partial charge in [-0.15, -0.1) is 0 Å². The van der Waals surface area contributed by atoms with Crippen LogP contribution in [0.25, 0.3) is 0 Å². The minimum atomic E-state index is -2.30. The number of hydrogen-bond donors (Lipinski definition) is 1. The van der Waals surface area contributed by atoms with Gasteiger partial charge in [0.1, 0.15) is 0 Å². The van der Waals surface area contributed by atoms with E-state index in [0.29, 0.717) is 0 Å². The Balaban J connectivity index is 1.89. The molecule has 2 fully saturated rings. The Kier molecular flexibility index (Phi) is 0.903. The summed E-state index contributed by atoms with van der Waals surface area (Å²) in [6.07, 6.45) is 0.138. The molecule has 0 aromatic rings. The molecule has 9 heavy (non-hydrogen) atoms. The molecule has 0 spiro atoms. The fourth-order valence-corrected chi connectivity index (χ4v) is 1.34. The second-order valence-electron chi connectivity index (χ2n) is 2.99. The van der Waals surface area contributed by atoms with Gasteiger partial charge in [-0.1, -0.05) is 0 Å². The second kappa shape index (κ2) is 1.45. The molecule has 52 valence electrons. The van der Waals surface area contributed by atoms with Gasteiger partial charge in [0, 0.05) is 12.3 Å². The maximum Gasteiger partial charge on any atom is 0.252 e. The van der Waals surface area contributed by atoms with Crippen molar-refractivity contribution < 1.29 is 8.78 Å². The molecule has 2 rings (SSSR count). The lowest BCUT2D eigenvalue weighted by Crippen LogP contribution is -2.44. The summed E-state index contributed by atoms with van der Waals surface area (Å²) in [6, 6.07) is 0. The van der Waals surface area contributed by atoms with E-state index >= 15 is 0 Å². The summed E-state index contributed by atoms with van der Waals surface area (Å²) in [5.74, 6) is -2.30. The van der Waals surface area contributed by atoms with Crippen LogP contribution in [-0.2, 0) is 0 Å². The van der Waals surface area contributed by atoms with Crippen LogP contribution in [0.15, 0.2) is 0 Å². The van der Waals surface area contributed by atoms with Crippen LogP contribution in [0.3, 0.4) is 0 Å². The van der Waals surface area contributed by atoms with Crippen LogP contribution in [0.5, 0.6) is 0 Å². The fourth-order valence-electron chi connectivity index (χ4n) is 1.34. The van der Waals surface area contributed by atoms with Gasteiger partial charge in [-0.2, -0.15) is 0 Å². The van der Waals surface area contributed by atoms with E-state index in [0.717, 1.165) is 13.1 Å². The number of hydrogen-bond acceptors (Lipinski definition) is 1. The molecular formula is C6H9F2N. The zero-order valence-electron chi connectivity index (χ0n) is 5.03. The van der Waals surface area contributed by atoms with E-state index in [1.807, 2.05) is 0 Å². The highest BCUT2D eigenvalue weighted by Gasteiger charge is 2.60. The van der Waals surface area contributed by atoms with Crippen molar-refractivity contribution in [2.24, 2.45) is 11.8 Å². The normalized spacial score (nSPS) is 40.0. The first kappa shape index (κ1) is 5.59. The molecule has 0 aromatic heterocycles. The maximum absolute atomic E-state index is 12.2. The first-order valence-electron chi connectivity index (χ1n) is 3.29. The van der Waals surface area contributed by atoms with Crippen molar-refractivity contribution in [3.8, 4) is 0 Å². The van der Waals surface area contributed by atoms with Crippen LogP contribution in [0.1, 0.15) is 6.42 Å². The van der Waals surface area contributed by atoms with Crippen molar-refractivity contribution in [1.29, 1.82) is 0 Å². The molecule has 0 amide bonds. The average molecular weight is 133 g/mol. The summed E-state index contributed by atoms with van der Waals surface area (Å²) in [7, 11) is 0. The summed E-state index contributed by atoms with van der Waals surface area (Å²) < 4.78 is 24.5. The smallest absolute Gasteiger partial charge is 0.252 e. The zero-order valence-corrected chi connectivity index (χ0v) is 5.03. The zero-order chi connectivity index (χ0) is 6.48. The van der Waals surface area contributed by atoms with Crippen LogP contribution < -0.4 is 5.32 Å². The van der Waals surface area contributed by atoms with Gasteiger partial charge in [0.05, 0.1) is 0 Å². The van der Waals surface area contributed by atoms with E-state index in [4.69, 9.17) is 0 Å². The van der Waals surface area contributed by atoms with E-state index in [9.17, 15) is 8.78 Å². The standard InChI is InChI=1S/C6H9F2N/c7-6(8)1-5(6)4-2-9-3-4/h4-5,9H,1-3H2. The molecule has 0 bridgehead atoms. The van der Waals surface area contributed by atoms with Gasteiger partial charge in [-0.05, 0) is 19.0 Å². The van der Waals surface area contributed by atoms with Crippen LogP contribution in [0, 0.1) is 11.8 Å². The molecule has 3 heteroatoms. The Morgan fingerprint density at radius 2 is 1.89 bits per heavy atom. The summed E-state index contributed by atoms with van der Waals surface area (Å²) in [5.41, 5.74) is 0. The number of halogens is 2. The van der Waals surface area contributed by atoms with E-state index in [2.05, 4.69) is 5.32 Å². The van der Waals surface area contributed by atoms with Crippen molar-refractivity contribution in [2.45, 2.75) is 12.3 Å². The van der Waals surface area contributed by atoms with Crippen molar-refractivity contribution in [2.75, 3.05) is 13.1 Å². The molecule has 0 aromatic carbocycles. The van der Waals surface area contributed by atoms with Gasteiger partial charge in [0.15, 0.2) is 0 Å². The lowest BCUT2D eigenvalue weighted by molar-refractivity contribution is 0.0755. The Labute approximate surface area is 52.4 Å². The third kappa shape index (κ3) is 0.748. The molecule has 2 aliphatic rings. The van der Waals surface area contributed by atoms with Gasteiger partial charge in [0.2, 0.25) is 0 Å². The lowest BCUT2D eigenvalue weighted by Gasteiger charge is -2.26. The average Bonchev–Trinajstić information content (AvgIpc) is 2.07. The van der Waals surface area contributed by atoms with Crippen LogP contribution in [0.4, 0.5) is 8.78 Å². The quantitative estimate of drug-likeness (QED) is 0.559. The molecule has 1 N–H and O–H groups in total. The van der Waals surface area contributed by atoms with Gasteiger partial charge < -0.3 is 5.32 Å².